The van der Waals surface area contributed by atoms with Crippen molar-refractivity contribution in [3.63, 3.8) is 0 Å². The number of nitrogens with zero attached hydrogens (tertiary/aromatic N) is 3. The van der Waals surface area contributed by atoms with E-state index in [9.17, 15) is 4.79 Å². The summed E-state index contributed by atoms with van der Waals surface area (Å²) in [4.78, 5) is 19.8. The van der Waals surface area contributed by atoms with Gasteiger partial charge in [-0.05, 0) is 25.0 Å². The molecule has 0 saturated carbocycles. The van der Waals surface area contributed by atoms with Crippen LogP contribution in [0.25, 0.3) is 0 Å². The molecule has 3 rings (SSSR count). The predicted molar refractivity (Wildman–Crippen MR) is 95.1 cm³/mol. The number of benzene rings is 1. The van der Waals surface area contributed by atoms with Crippen molar-refractivity contribution in [3.8, 4) is 11.5 Å². The lowest BCUT2D eigenvalue weighted by Gasteiger charge is -2.30. The third kappa shape index (κ3) is 3.21. The van der Waals surface area contributed by atoms with Gasteiger partial charge in [0.2, 0.25) is 0 Å². The number of hydrogen-bond donors (Lipinski definition) is 0. The lowest BCUT2D eigenvalue weighted by atomic mass is 10.1. The molecular weight excluding hydrogens is 318 g/mol. The van der Waals surface area contributed by atoms with Crippen LogP contribution in [0.5, 0.6) is 11.5 Å². The van der Waals surface area contributed by atoms with Crippen LogP contribution in [0.15, 0.2) is 30.6 Å². The van der Waals surface area contributed by atoms with Gasteiger partial charge in [0, 0.05) is 25.5 Å². The zero-order valence-electron chi connectivity index (χ0n) is 15.1. The Bertz CT molecular complexity index is 741. The zero-order valence-corrected chi connectivity index (χ0v) is 15.1. The van der Waals surface area contributed by atoms with Gasteiger partial charge < -0.3 is 18.9 Å². The van der Waals surface area contributed by atoms with Crippen LogP contribution in [0.3, 0.4) is 0 Å². The number of carbonyl (C=O) groups excluding carboxylic acids is 1. The molecule has 0 saturated heterocycles. The number of amides is 1. The Hall–Kier alpha value is -2.50. The van der Waals surface area contributed by atoms with Gasteiger partial charge in [0.1, 0.15) is 5.82 Å². The van der Waals surface area contributed by atoms with Crippen molar-refractivity contribution in [1.29, 1.82) is 0 Å². The fourth-order valence-electron chi connectivity index (χ4n) is 3.53. The van der Waals surface area contributed by atoms with Gasteiger partial charge in [0.05, 0.1) is 25.8 Å². The van der Waals surface area contributed by atoms with E-state index in [2.05, 4.69) is 16.5 Å². The molecule has 0 radical (unpaired) electrons. The molecule has 0 spiro atoms. The second-order valence-corrected chi connectivity index (χ2v) is 6.18. The summed E-state index contributed by atoms with van der Waals surface area (Å²) in [5, 5.41) is 0. The predicted octanol–water partition coefficient (Wildman–Crippen LogP) is 3.29. The SMILES string of the molecule is CCCC1c2nccn2CCCN1C(=O)c1cccc(OC)c1OC. The molecule has 0 N–H and O–H groups in total. The first kappa shape index (κ1) is 17.3. The minimum absolute atomic E-state index is 0.0223. The molecule has 25 heavy (non-hydrogen) atoms. The van der Waals surface area contributed by atoms with E-state index >= 15 is 0 Å². The van der Waals surface area contributed by atoms with Crippen LogP contribution >= 0.6 is 0 Å². The normalized spacial score (nSPS) is 16.9. The van der Waals surface area contributed by atoms with Gasteiger partial charge in [-0.25, -0.2) is 4.98 Å². The molecule has 0 bridgehead atoms. The highest BCUT2D eigenvalue weighted by molar-refractivity contribution is 5.98. The molecule has 2 heterocycles. The van der Waals surface area contributed by atoms with E-state index in [0.29, 0.717) is 23.6 Å². The van der Waals surface area contributed by atoms with Gasteiger partial charge in [-0.15, -0.1) is 0 Å². The van der Waals surface area contributed by atoms with Crippen molar-refractivity contribution >= 4 is 5.91 Å². The van der Waals surface area contributed by atoms with E-state index in [1.54, 1.807) is 26.4 Å². The highest BCUT2D eigenvalue weighted by Gasteiger charge is 2.32. The fraction of sp³-hybridized carbons (Fsp3) is 0.474. The standard InChI is InChI=1S/C19H25N3O3/c1-4-7-15-18-20-10-13-21(18)11-6-12-22(15)19(23)14-8-5-9-16(24-2)17(14)25-3/h5,8-10,13,15H,4,6-7,11-12H2,1-3H3. The molecule has 1 aromatic carbocycles. The molecule has 1 amide bonds. The van der Waals surface area contributed by atoms with E-state index in [1.165, 1.54) is 0 Å². The average Bonchev–Trinajstić information content (AvgIpc) is 3.04. The summed E-state index contributed by atoms with van der Waals surface area (Å²) in [5.74, 6) is 1.98. The van der Waals surface area contributed by atoms with Gasteiger partial charge in [-0.3, -0.25) is 4.79 Å². The lowest BCUT2D eigenvalue weighted by molar-refractivity contribution is 0.0661. The summed E-state index contributed by atoms with van der Waals surface area (Å²) in [7, 11) is 3.14. The Morgan fingerprint density at radius 2 is 2.12 bits per heavy atom. The minimum atomic E-state index is -0.0364. The molecular formula is C19H25N3O3. The first-order valence-electron chi connectivity index (χ1n) is 8.74. The van der Waals surface area contributed by atoms with Crippen LogP contribution in [-0.4, -0.2) is 41.1 Å². The average molecular weight is 343 g/mol. The molecule has 1 aromatic heterocycles. The van der Waals surface area contributed by atoms with Gasteiger partial charge >= 0.3 is 0 Å². The lowest BCUT2D eigenvalue weighted by Crippen LogP contribution is -2.35. The number of para-hydroxylation sites is 1. The van der Waals surface area contributed by atoms with Crippen molar-refractivity contribution in [2.45, 2.75) is 38.8 Å². The third-order valence-corrected chi connectivity index (χ3v) is 4.68. The Kier molecular flexibility index (Phi) is 5.26. The minimum Gasteiger partial charge on any atom is -0.493 e. The number of aromatic nitrogens is 2. The highest BCUT2D eigenvalue weighted by atomic mass is 16.5. The van der Waals surface area contributed by atoms with Crippen molar-refractivity contribution in [3.05, 3.63) is 42.0 Å². The fourth-order valence-corrected chi connectivity index (χ4v) is 3.53. The number of methoxy groups -OCH3 is 2. The Labute approximate surface area is 148 Å². The summed E-state index contributed by atoms with van der Waals surface area (Å²) < 4.78 is 13.0. The van der Waals surface area contributed by atoms with Gasteiger partial charge in [0.15, 0.2) is 11.5 Å². The first-order valence-corrected chi connectivity index (χ1v) is 8.74. The van der Waals surface area contributed by atoms with Crippen LogP contribution in [-0.2, 0) is 6.54 Å². The molecule has 0 fully saturated rings. The number of ether oxygens (including phenoxy) is 2. The zero-order chi connectivity index (χ0) is 17.8. The van der Waals surface area contributed by atoms with E-state index in [4.69, 9.17) is 9.47 Å². The van der Waals surface area contributed by atoms with E-state index in [0.717, 1.165) is 31.6 Å². The highest BCUT2D eigenvalue weighted by Crippen LogP contribution is 2.35. The molecule has 6 heteroatoms. The molecule has 1 aliphatic rings. The maximum absolute atomic E-state index is 13.4. The summed E-state index contributed by atoms with van der Waals surface area (Å²) in [6.07, 6.45) is 6.59. The second-order valence-electron chi connectivity index (χ2n) is 6.18. The molecule has 1 aliphatic heterocycles. The van der Waals surface area contributed by atoms with Crippen molar-refractivity contribution < 1.29 is 14.3 Å². The van der Waals surface area contributed by atoms with Gasteiger partial charge in [0.25, 0.3) is 5.91 Å². The summed E-state index contributed by atoms with van der Waals surface area (Å²) >= 11 is 0. The number of hydrogen-bond acceptors (Lipinski definition) is 4. The maximum Gasteiger partial charge on any atom is 0.258 e. The van der Waals surface area contributed by atoms with Crippen molar-refractivity contribution in [2.24, 2.45) is 0 Å². The monoisotopic (exact) mass is 343 g/mol. The maximum atomic E-state index is 13.4. The Morgan fingerprint density at radius 3 is 2.84 bits per heavy atom. The molecule has 1 atom stereocenters. The van der Waals surface area contributed by atoms with Crippen LogP contribution in [0.1, 0.15) is 48.4 Å². The summed E-state index contributed by atoms with van der Waals surface area (Å²) in [5.41, 5.74) is 0.531. The quantitative estimate of drug-likeness (QED) is 0.836. The Balaban J connectivity index is 2.01. The second kappa shape index (κ2) is 7.59. The molecule has 1 unspecified atom stereocenters. The number of imidazole rings is 1. The Morgan fingerprint density at radius 1 is 1.28 bits per heavy atom. The van der Waals surface area contributed by atoms with Gasteiger partial charge in [-0.2, -0.15) is 0 Å². The van der Waals surface area contributed by atoms with E-state index in [1.807, 2.05) is 23.4 Å². The topological polar surface area (TPSA) is 56.6 Å². The molecule has 6 nitrogen and oxygen atoms in total. The summed E-state index contributed by atoms with van der Waals surface area (Å²) in [6.45, 7) is 3.72. The number of carbonyl (C=O) groups is 1. The number of aryl methyl sites for hydroxylation is 1. The first-order chi connectivity index (χ1) is 12.2. The van der Waals surface area contributed by atoms with Gasteiger partial charge in [-0.1, -0.05) is 19.4 Å². The van der Waals surface area contributed by atoms with E-state index in [-0.39, 0.29) is 11.9 Å². The van der Waals surface area contributed by atoms with Crippen molar-refractivity contribution in [2.75, 3.05) is 20.8 Å². The molecule has 134 valence electrons. The largest absolute Gasteiger partial charge is 0.493 e. The van der Waals surface area contributed by atoms with E-state index < -0.39 is 0 Å². The van der Waals surface area contributed by atoms with Crippen LogP contribution in [0.4, 0.5) is 0 Å². The number of rotatable bonds is 5. The van der Waals surface area contributed by atoms with Crippen LogP contribution in [0, 0.1) is 0 Å². The van der Waals surface area contributed by atoms with Crippen LogP contribution in [0.2, 0.25) is 0 Å². The number of fused-ring (bicyclic) bond motifs is 1. The van der Waals surface area contributed by atoms with Crippen LogP contribution < -0.4 is 9.47 Å². The third-order valence-electron chi connectivity index (χ3n) is 4.68. The molecule has 2 aromatic rings. The van der Waals surface area contributed by atoms with Crippen molar-refractivity contribution in [1.82, 2.24) is 14.5 Å². The molecule has 0 aliphatic carbocycles. The smallest absolute Gasteiger partial charge is 0.258 e. The summed E-state index contributed by atoms with van der Waals surface area (Å²) in [6, 6.07) is 5.39.